The van der Waals surface area contributed by atoms with Crippen LogP contribution in [0.15, 0.2) is 18.2 Å². The van der Waals surface area contributed by atoms with E-state index < -0.39 is 17.9 Å². The van der Waals surface area contributed by atoms with Crippen LogP contribution in [-0.4, -0.2) is 12.4 Å². The molecule has 0 aliphatic heterocycles. The van der Waals surface area contributed by atoms with E-state index in [0.717, 1.165) is 18.2 Å². The Morgan fingerprint density at radius 1 is 1.35 bits per heavy atom. The minimum absolute atomic E-state index is 0.126. The SMILES string of the molecule is CCC(N)Cc1cc(OC(F)(F)F)ccc1F. The van der Waals surface area contributed by atoms with E-state index >= 15 is 0 Å². The average Bonchev–Trinajstić information content (AvgIpc) is 2.20. The Kier molecular flexibility index (Phi) is 4.34. The molecule has 0 saturated carbocycles. The molecule has 0 spiro atoms. The number of hydrogen-bond acceptors (Lipinski definition) is 2. The minimum atomic E-state index is -4.78. The van der Waals surface area contributed by atoms with E-state index in [1.165, 1.54) is 0 Å². The quantitative estimate of drug-likeness (QED) is 0.835. The van der Waals surface area contributed by atoms with E-state index in [4.69, 9.17) is 5.73 Å². The summed E-state index contributed by atoms with van der Waals surface area (Å²) in [5.41, 5.74) is 5.75. The van der Waals surface area contributed by atoms with E-state index in [0.29, 0.717) is 6.42 Å². The van der Waals surface area contributed by atoms with Crippen molar-refractivity contribution in [2.45, 2.75) is 32.2 Å². The molecule has 6 heteroatoms. The second kappa shape index (κ2) is 5.35. The maximum Gasteiger partial charge on any atom is 0.573 e. The van der Waals surface area contributed by atoms with Crippen LogP contribution in [0.4, 0.5) is 17.6 Å². The van der Waals surface area contributed by atoms with Gasteiger partial charge in [-0.15, -0.1) is 13.2 Å². The first-order valence-corrected chi connectivity index (χ1v) is 5.11. The van der Waals surface area contributed by atoms with Crippen molar-refractivity contribution in [2.75, 3.05) is 0 Å². The van der Waals surface area contributed by atoms with Gasteiger partial charge in [0.15, 0.2) is 0 Å². The van der Waals surface area contributed by atoms with Gasteiger partial charge in [-0.3, -0.25) is 0 Å². The molecule has 0 aliphatic carbocycles. The fourth-order valence-corrected chi connectivity index (χ4v) is 1.33. The summed E-state index contributed by atoms with van der Waals surface area (Å²) in [5, 5.41) is 0. The van der Waals surface area contributed by atoms with Crippen LogP contribution in [0.2, 0.25) is 0 Å². The number of benzene rings is 1. The van der Waals surface area contributed by atoms with Crippen molar-refractivity contribution in [1.82, 2.24) is 0 Å². The first kappa shape index (κ1) is 13.8. The van der Waals surface area contributed by atoms with Gasteiger partial charge in [0.2, 0.25) is 0 Å². The molecule has 0 heterocycles. The molecule has 96 valence electrons. The van der Waals surface area contributed by atoms with Crippen LogP contribution in [0.1, 0.15) is 18.9 Å². The summed E-state index contributed by atoms with van der Waals surface area (Å²) in [4.78, 5) is 0. The highest BCUT2D eigenvalue weighted by Gasteiger charge is 2.31. The number of ether oxygens (including phenoxy) is 1. The lowest BCUT2D eigenvalue weighted by Gasteiger charge is -2.13. The molecule has 1 aromatic carbocycles. The maximum atomic E-state index is 13.3. The Morgan fingerprint density at radius 3 is 2.53 bits per heavy atom. The molecule has 2 N–H and O–H groups in total. The molecule has 2 nitrogen and oxygen atoms in total. The Hall–Kier alpha value is -1.30. The zero-order valence-electron chi connectivity index (χ0n) is 9.22. The fraction of sp³-hybridized carbons (Fsp3) is 0.455. The first-order chi connectivity index (χ1) is 7.81. The van der Waals surface area contributed by atoms with Gasteiger partial charge < -0.3 is 10.5 Å². The van der Waals surface area contributed by atoms with E-state index in [2.05, 4.69) is 4.74 Å². The van der Waals surface area contributed by atoms with Crippen LogP contribution in [-0.2, 0) is 6.42 Å². The van der Waals surface area contributed by atoms with Gasteiger partial charge in [0, 0.05) is 6.04 Å². The minimum Gasteiger partial charge on any atom is -0.406 e. The molecule has 1 unspecified atom stereocenters. The van der Waals surface area contributed by atoms with Crippen molar-refractivity contribution >= 4 is 0 Å². The van der Waals surface area contributed by atoms with E-state index in [-0.39, 0.29) is 18.0 Å². The molecule has 0 bridgehead atoms. The molecule has 0 fully saturated rings. The van der Waals surface area contributed by atoms with Crippen molar-refractivity contribution in [2.24, 2.45) is 5.73 Å². The Morgan fingerprint density at radius 2 is 2.00 bits per heavy atom. The van der Waals surface area contributed by atoms with Gasteiger partial charge in [-0.2, -0.15) is 0 Å². The van der Waals surface area contributed by atoms with Gasteiger partial charge >= 0.3 is 6.36 Å². The lowest BCUT2D eigenvalue weighted by Crippen LogP contribution is -2.22. The molecule has 1 atom stereocenters. The smallest absolute Gasteiger partial charge is 0.406 e. The first-order valence-electron chi connectivity index (χ1n) is 5.11. The summed E-state index contributed by atoms with van der Waals surface area (Å²) >= 11 is 0. The highest BCUT2D eigenvalue weighted by molar-refractivity contribution is 5.30. The summed E-state index contributed by atoms with van der Waals surface area (Å²) in [6.45, 7) is 1.82. The maximum absolute atomic E-state index is 13.3. The topological polar surface area (TPSA) is 35.2 Å². The molecule has 1 rings (SSSR count). The van der Waals surface area contributed by atoms with E-state index in [1.807, 2.05) is 6.92 Å². The predicted octanol–water partition coefficient (Wildman–Crippen LogP) is 3.00. The zero-order chi connectivity index (χ0) is 13.1. The van der Waals surface area contributed by atoms with Crippen molar-refractivity contribution in [3.05, 3.63) is 29.6 Å². The summed E-state index contributed by atoms with van der Waals surface area (Å²) in [7, 11) is 0. The van der Waals surface area contributed by atoms with Crippen molar-refractivity contribution in [3.63, 3.8) is 0 Å². The van der Waals surface area contributed by atoms with Crippen molar-refractivity contribution < 1.29 is 22.3 Å². The number of rotatable bonds is 4. The molecular weight excluding hydrogens is 238 g/mol. The number of halogens is 4. The van der Waals surface area contributed by atoms with Crippen molar-refractivity contribution in [1.29, 1.82) is 0 Å². The molecular formula is C11H13F4NO. The third kappa shape index (κ3) is 4.60. The lowest BCUT2D eigenvalue weighted by molar-refractivity contribution is -0.274. The molecule has 17 heavy (non-hydrogen) atoms. The predicted molar refractivity (Wildman–Crippen MR) is 55.1 cm³/mol. The second-order valence-corrected chi connectivity index (χ2v) is 3.67. The monoisotopic (exact) mass is 251 g/mol. The summed E-state index contributed by atoms with van der Waals surface area (Å²) in [6.07, 6.45) is -3.98. The molecule has 1 aromatic rings. The highest BCUT2D eigenvalue weighted by atomic mass is 19.4. The van der Waals surface area contributed by atoms with Gasteiger partial charge in [-0.1, -0.05) is 6.92 Å². The normalized spacial score (nSPS) is 13.5. The van der Waals surface area contributed by atoms with Crippen LogP contribution >= 0.6 is 0 Å². The largest absolute Gasteiger partial charge is 0.573 e. The number of alkyl halides is 3. The van der Waals surface area contributed by atoms with E-state index in [1.54, 1.807) is 0 Å². The van der Waals surface area contributed by atoms with E-state index in [9.17, 15) is 17.6 Å². The third-order valence-corrected chi connectivity index (χ3v) is 2.26. The van der Waals surface area contributed by atoms with Crippen LogP contribution in [0, 0.1) is 5.82 Å². The molecule has 0 saturated heterocycles. The average molecular weight is 251 g/mol. The zero-order valence-corrected chi connectivity index (χ0v) is 9.22. The Balaban J connectivity index is 2.86. The molecule has 0 radical (unpaired) electrons. The van der Waals surface area contributed by atoms with Gasteiger partial charge in [-0.05, 0) is 36.6 Å². The molecule has 0 amide bonds. The second-order valence-electron chi connectivity index (χ2n) is 3.67. The van der Waals surface area contributed by atoms with Crippen LogP contribution in [0.3, 0.4) is 0 Å². The molecule has 0 aliphatic rings. The number of hydrogen-bond donors (Lipinski definition) is 1. The highest BCUT2D eigenvalue weighted by Crippen LogP contribution is 2.25. The summed E-state index contributed by atoms with van der Waals surface area (Å²) < 4.78 is 52.9. The van der Waals surface area contributed by atoms with Gasteiger partial charge in [-0.25, -0.2) is 4.39 Å². The lowest BCUT2D eigenvalue weighted by atomic mass is 10.0. The van der Waals surface area contributed by atoms with Crippen molar-refractivity contribution in [3.8, 4) is 5.75 Å². The Bertz CT molecular complexity index is 378. The standard InChI is InChI=1S/C11H13F4NO/c1-2-8(16)5-7-6-9(3-4-10(7)12)17-11(13,14)15/h3-4,6,8H,2,5,16H2,1H3. The van der Waals surface area contributed by atoms with Crippen LogP contribution in [0.25, 0.3) is 0 Å². The number of nitrogens with two attached hydrogens (primary N) is 1. The summed E-state index contributed by atoms with van der Waals surface area (Å²) in [5.74, 6) is -1.01. The Labute approximate surface area is 96.4 Å². The van der Waals surface area contributed by atoms with Gasteiger partial charge in [0.1, 0.15) is 11.6 Å². The van der Waals surface area contributed by atoms with Gasteiger partial charge in [0.05, 0.1) is 0 Å². The fourth-order valence-electron chi connectivity index (χ4n) is 1.33. The third-order valence-electron chi connectivity index (χ3n) is 2.26. The van der Waals surface area contributed by atoms with Gasteiger partial charge in [0.25, 0.3) is 0 Å². The molecule has 0 aromatic heterocycles. The van der Waals surface area contributed by atoms with Crippen LogP contribution in [0.5, 0.6) is 5.75 Å². The summed E-state index contributed by atoms with van der Waals surface area (Å²) in [6, 6.07) is 2.62. The van der Waals surface area contributed by atoms with Crippen LogP contribution < -0.4 is 10.5 Å².